The summed E-state index contributed by atoms with van der Waals surface area (Å²) in [6.07, 6.45) is 0. The number of nitrogens with one attached hydrogen (secondary N) is 1. The minimum Gasteiger partial charge on any atom is -0.343 e. The number of hydrogen-bond donors (Lipinski definition) is 1. The largest absolute Gasteiger partial charge is 0.343 e. The molecule has 0 spiro atoms. The lowest BCUT2D eigenvalue weighted by Gasteiger charge is -2.01. The van der Waals surface area contributed by atoms with Gasteiger partial charge in [0.1, 0.15) is 0 Å². The molecule has 1 rings (SSSR count). The monoisotopic (exact) mass is 193 g/mol. The SMILES string of the molecule is C=CSC(=O)NCc1ccccc1. The second-order valence-corrected chi connectivity index (χ2v) is 3.35. The van der Waals surface area contributed by atoms with Gasteiger partial charge in [0.15, 0.2) is 0 Å². The maximum Gasteiger partial charge on any atom is 0.283 e. The summed E-state index contributed by atoms with van der Waals surface area (Å²) >= 11 is 1.06. The van der Waals surface area contributed by atoms with Gasteiger partial charge in [-0.25, -0.2) is 0 Å². The Balaban J connectivity index is 2.35. The number of carbonyl (C=O) groups is 1. The minimum atomic E-state index is -0.0705. The van der Waals surface area contributed by atoms with Crippen molar-refractivity contribution in [3.63, 3.8) is 0 Å². The predicted molar refractivity (Wildman–Crippen MR) is 56.5 cm³/mol. The number of hydrogen-bond acceptors (Lipinski definition) is 2. The Morgan fingerprint density at radius 1 is 1.46 bits per heavy atom. The van der Waals surface area contributed by atoms with Crippen LogP contribution in [0.4, 0.5) is 4.79 Å². The molecule has 1 N–H and O–H groups in total. The fraction of sp³-hybridized carbons (Fsp3) is 0.100. The van der Waals surface area contributed by atoms with Gasteiger partial charge in [-0.1, -0.05) is 36.9 Å². The van der Waals surface area contributed by atoms with Gasteiger partial charge in [-0.2, -0.15) is 0 Å². The highest BCUT2D eigenvalue weighted by molar-refractivity contribution is 8.16. The molecule has 2 nitrogen and oxygen atoms in total. The third-order valence-corrected chi connectivity index (χ3v) is 2.00. The molecule has 0 radical (unpaired) electrons. The number of carbonyl (C=O) groups excluding carboxylic acids is 1. The van der Waals surface area contributed by atoms with Crippen LogP contribution >= 0.6 is 11.8 Å². The summed E-state index contributed by atoms with van der Waals surface area (Å²) in [7, 11) is 0. The van der Waals surface area contributed by atoms with Crippen LogP contribution in [0, 0.1) is 0 Å². The van der Waals surface area contributed by atoms with E-state index in [-0.39, 0.29) is 5.24 Å². The second-order valence-electron chi connectivity index (χ2n) is 2.41. The smallest absolute Gasteiger partial charge is 0.283 e. The van der Waals surface area contributed by atoms with E-state index < -0.39 is 0 Å². The molecule has 1 aromatic carbocycles. The van der Waals surface area contributed by atoms with Crippen molar-refractivity contribution in [1.82, 2.24) is 5.32 Å². The lowest BCUT2D eigenvalue weighted by molar-refractivity contribution is 0.260. The second kappa shape index (κ2) is 5.43. The first-order valence-electron chi connectivity index (χ1n) is 3.92. The average Bonchev–Trinajstić information content (AvgIpc) is 2.17. The minimum absolute atomic E-state index is 0.0705. The maximum atomic E-state index is 11.0. The lowest BCUT2D eigenvalue weighted by atomic mass is 10.2. The van der Waals surface area contributed by atoms with E-state index in [1.165, 1.54) is 5.41 Å². The van der Waals surface area contributed by atoms with Gasteiger partial charge in [-0.3, -0.25) is 4.79 Å². The summed E-state index contributed by atoms with van der Waals surface area (Å²) in [5, 5.41) is 4.20. The zero-order valence-corrected chi connectivity index (χ0v) is 8.01. The molecule has 0 aliphatic rings. The predicted octanol–water partition coefficient (Wildman–Crippen LogP) is 2.77. The quantitative estimate of drug-likeness (QED) is 0.799. The van der Waals surface area contributed by atoms with Crippen molar-refractivity contribution in [2.75, 3.05) is 0 Å². The molecular formula is C10H11NOS. The maximum absolute atomic E-state index is 11.0. The average molecular weight is 193 g/mol. The number of benzene rings is 1. The third-order valence-electron chi connectivity index (χ3n) is 1.47. The molecule has 0 saturated heterocycles. The van der Waals surface area contributed by atoms with E-state index >= 15 is 0 Å². The van der Waals surface area contributed by atoms with Crippen molar-refractivity contribution < 1.29 is 4.79 Å². The Bertz CT molecular complexity index is 284. The van der Waals surface area contributed by atoms with Crippen LogP contribution < -0.4 is 5.32 Å². The third kappa shape index (κ3) is 3.80. The molecule has 0 aliphatic carbocycles. The Kier molecular flexibility index (Phi) is 4.12. The summed E-state index contributed by atoms with van der Waals surface area (Å²) in [6.45, 7) is 4.03. The highest BCUT2D eigenvalue weighted by atomic mass is 32.2. The number of rotatable bonds is 3. The van der Waals surface area contributed by atoms with Crippen LogP contribution in [-0.4, -0.2) is 5.24 Å². The van der Waals surface area contributed by atoms with E-state index in [0.29, 0.717) is 6.54 Å². The zero-order valence-electron chi connectivity index (χ0n) is 7.19. The van der Waals surface area contributed by atoms with Crippen molar-refractivity contribution in [2.24, 2.45) is 0 Å². The van der Waals surface area contributed by atoms with E-state index in [0.717, 1.165) is 17.3 Å². The molecule has 68 valence electrons. The van der Waals surface area contributed by atoms with Crippen LogP contribution in [0.3, 0.4) is 0 Å². The number of amides is 1. The topological polar surface area (TPSA) is 29.1 Å². The van der Waals surface area contributed by atoms with Gasteiger partial charge in [-0.05, 0) is 22.7 Å². The Morgan fingerprint density at radius 3 is 2.77 bits per heavy atom. The summed E-state index contributed by atoms with van der Waals surface area (Å²) in [5.74, 6) is 0. The summed E-state index contributed by atoms with van der Waals surface area (Å²) in [6, 6.07) is 9.78. The first-order valence-corrected chi connectivity index (χ1v) is 4.80. The Hall–Kier alpha value is -1.22. The van der Waals surface area contributed by atoms with Crippen molar-refractivity contribution >= 4 is 17.0 Å². The Labute approximate surface area is 82.0 Å². The highest BCUT2D eigenvalue weighted by Crippen LogP contribution is 2.03. The van der Waals surface area contributed by atoms with Gasteiger partial charge in [0.25, 0.3) is 5.24 Å². The van der Waals surface area contributed by atoms with Gasteiger partial charge < -0.3 is 5.32 Å². The summed E-state index contributed by atoms with van der Waals surface area (Å²) in [4.78, 5) is 11.0. The normalized spacial score (nSPS) is 9.23. The fourth-order valence-electron chi connectivity index (χ4n) is 0.887. The lowest BCUT2D eigenvalue weighted by Crippen LogP contribution is -2.16. The van der Waals surface area contributed by atoms with E-state index in [1.807, 2.05) is 30.3 Å². The summed E-state index contributed by atoms with van der Waals surface area (Å²) < 4.78 is 0. The van der Waals surface area contributed by atoms with E-state index in [4.69, 9.17) is 0 Å². The molecule has 0 aliphatic heterocycles. The van der Waals surface area contributed by atoms with Gasteiger partial charge in [0.05, 0.1) is 0 Å². The molecule has 0 aromatic heterocycles. The van der Waals surface area contributed by atoms with Crippen LogP contribution in [-0.2, 0) is 6.54 Å². The molecule has 0 fully saturated rings. The van der Waals surface area contributed by atoms with Gasteiger partial charge in [0.2, 0.25) is 0 Å². The van der Waals surface area contributed by atoms with Crippen LogP contribution in [0.2, 0.25) is 0 Å². The molecule has 0 unspecified atom stereocenters. The van der Waals surface area contributed by atoms with Crippen molar-refractivity contribution in [3.05, 3.63) is 47.9 Å². The van der Waals surface area contributed by atoms with E-state index in [2.05, 4.69) is 11.9 Å². The van der Waals surface area contributed by atoms with Crippen LogP contribution in [0.5, 0.6) is 0 Å². The van der Waals surface area contributed by atoms with Gasteiger partial charge in [0, 0.05) is 6.54 Å². The van der Waals surface area contributed by atoms with Crippen molar-refractivity contribution in [2.45, 2.75) is 6.54 Å². The van der Waals surface area contributed by atoms with E-state index in [1.54, 1.807) is 0 Å². The van der Waals surface area contributed by atoms with Gasteiger partial charge in [-0.15, -0.1) is 0 Å². The van der Waals surface area contributed by atoms with Crippen LogP contribution in [0.15, 0.2) is 42.3 Å². The summed E-state index contributed by atoms with van der Waals surface area (Å²) in [5.41, 5.74) is 1.10. The first-order chi connectivity index (χ1) is 6.33. The molecule has 1 amide bonds. The van der Waals surface area contributed by atoms with Crippen LogP contribution in [0.25, 0.3) is 0 Å². The number of thioether (sulfide) groups is 1. The van der Waals surface area contributed by atoms with Crippen molar-refractivity contribution in [3.8, 4) is 0 Å². The standard InChI is InChI=1S/C10H11NOS/c1-2-13-10(12)11-8-9-6-4-3-5-7-9/h2-7H,1,8H2,(H,11,12). The highest BCUT2D eigenvalue weighted by Gasteiger charge is 1.97. The molecule has 0 atom stereocenters. The van der Waals surface area contributed by atoms with Crippen molar-refractivity contribution in [1.29, 1.82) is 0 Å². The molecule has 1 aromatic rings. The van der Waals surface area contributed by atoms with E-state index in [9.17, 15) is 4.79 Å². The van der Waals surface area contributed by atoms with Crippen LogP contribution in [0.1, 0.15) is 5.56 Å². The molecule has 0 heterocycles. The Morgan fingerprint density at radius 2 is 2.15 bits per heavy atom. The molecular weight excluding hydrogens is 182 g/mol. The fourth-order valence-corrected chi connectivity index (χ4v) is 1.19. The molecule has 13 heavy (non-hydrogen) atoms. The molecule has 0 saturated carbocycles. The molecule has 3 heteroatoms. The zero-order chi connectivity index (χ0) is 9.52. The van der Waals surface area contributed by atoms with Gasteiger partial charge >= 0.3 is 0 Å². The first kappa shape index (κ1) is 9.86. The molecule has 0 bridgehead atoms.